The lowest BCUT2D eigenvalue weighted by Gasteiger charge is -2.19. The summed E-state index contributed by atoms with van der Waals surface area (Å²) in [4.78, 5) is 18.2. The fraction of sp³-hybridized carbons (Fsp3) is 0.250. The van der Waals surface area contributed by atoms with Gasteiger partial charge in [-0.05, 0) is 36.4 Å². The van der Waals surface area contributed by atoms with Gasteiger partial charge >= 0.3 is 0 Å². The van der Waals surface area contributed by atoms with Crippen molar-refractivity contribution in [1.29, 1.82) is 5.26 Å². The molecule has 1 N–H and O–H groups in total. The van der Waals surface area contributed by atoms with E-state index in [2.05, 4.69) is 10.3 Å². The van der Waals surface area contributed by atoms with E-state index in [0.29, 0.717) is 52.2 Å². The van der Waals surface area contributed by atoms with Crippen LogP contribution in [0.15, 0.2) is 65.6 Å². The Morgan fingerprint density at radius 1 is 1.05 bits per heavy atom. The number of nitrogens with zero attached hydrogens (tertiary/aromatic N) is 2. The van der Waals surface area contributed by atoms with E-state index in [1.807, 2.05) is 6.07 Å². The Labute approximate surface area is 236 Å². The van der Waals surface area contributed by atoms with Gasteiger partial charge < -0.3 is 18.9 Å². The van der Waals surface area contributed by atoms with Gasteiger partial charge in [0.1, 0.15) is 12.4 Å². The number of thiazole rings is 1. The summed E-state index contributed by atoms with van der Waals surface area (Å²) in [6, 6.07) is 17.9. The first kappa shape index (κ1) is 28.8. The Morgan fingerprint density at radius 3 is 2.40 bits per heavy atom. The van der Waals surface area contributed by atoms with E-state index in [-0.39, 0.29) is 10.6 Å². The second kappa shape index (κ2) is 12.8. The van der Waals surface area contributed by atoms with Gasteiger partial charge in [0, 0.05) is 24.8 Å². The lowest BCUT2D eigenvalue weighted by atomic mass is 10.1. The standard InChI is InChI=1S/C28H27N3O7S2/c1-4-40(33,34)21-11-7-19(8-12-21)26(38-20-9-5-18(17-29)6-10-20)27(32)31-28-30-22-15-24(37-14-13-35-2)23(36-3)16-25(22)39-28/h5-12,15-16,26H,4,13-14H2,1-3H3,(H,30,31,32). The molecular weight excluding hydrogens is 554 g/mol. The molecular formula is C28H27N3O7S2. The van der Waals surface area contributed by atoms with E-state index < -0.39 is 21.8 Å². The molecule has 0 fully saturated rings. The molecule has 0 bridgehead atoms. The normalized spacial score (nSPS) is 11.9. The van der Waals surface area contributed by atoms with E-state index in [1.54, 1.807) is 62.6 Å². The first-order chi connectivity index (χ1) is 19.3. The lowest BCUT2D eigenvalue weighted by Crippen LogP contribution is -2.25. The van der Waals surface area contributed by atoms with Gasteiger partial charge in [-0.1, -0.05) is 30.4 Å². The molecule has 1 heterocycles. The SMILES string of the molecule is CCS(=O)(=O)c1ccc(C(Oc2ccc(C#N)cc2)C(=O)Nc2nc3cc(OCCOC)c(OC)cc3s2)cc1. The number of rotatable bonds is 12. The molecule has 1 unspecified atom stereocenters. The number of amides is 1. The van der Waals surface area contributed by atoms with Crippen LogP contribution >= 0.6 is 11.3 Å². The molecule has 0 aliphatic carbocycles. The number of fused-ring (bicyclic) bond motifs is 1. The van der Waals surface area contributed by atoms with Crippen LogP contribution in [0.4, 0.5) is 5.13 Å². The van der Waals surface area contributed by atoms with Crippen LogP contribution in [0.3, 0.4) is 0 Å². The molecule has 0 saturated heterocycles. The fourth-order valence-electron chi connectivity index (χ4n) is 3.70. The van der Waals surface area contributed by atoms with Crippen LogP contribution in [0.1, 0.15) is 24.2 Å². The lowest BCUT2D eigenvalue weighted by molar-refractivity contribution is -0.123. The van der Waals surface area contributed by atoms with Gasteiger partial charge in [-0.2, -0.15) is 5.26 Å². The summed E-state index contributed by atoms with van der Waals surface area (Å²) < 4.78 is 47.5. The van der Waals surface area contributed by atoms with Gasteiger partial charge in [-0.25, -0.2) is 13.4 Å². The Morgan fingerprint density at radius 2 is 1.77 bits per heavy atom. The Kier molecular flexibility index (Phi) is 9.21. The van der Waals surface area contributed by atoms with Crippen molar-refractivity contribution >= 4 is 42.4 Å². The molecule has 1 atom stereocenters. The van der Waals surface area contributed by atoms with Gasteiger partial charge in [0.25, 0.3) is 5.91 Å². The molecule has 10 nitrogen and oxygen atoms in total. The molecule has 0 saturated carbocycles. The Balaban J connectivity index is 1.63. The third-order valence-corrected chi connectivity index (χ3v) is 8.53. The van der Waals surface area contributed by atoms with Crippen molar-refractivity contribution in [3.63, 3.8) is 0 Å². The van der Waals surface area contributed by atoms with E-state index >= 15 is 0 Å². The second-order valence-corrected chi connectivity index (χ2v) is 11.7. The van der Waals surface area contributed by atoms with Gasteiger partial charge in [0.15, 0.2) is 26.5 Å². The summed E-state index contributed by atoms with van der Waals surface area (Å²) in [5.74, 6) is 0.822. The Hall–Kier alpha value is -4.18. The molecule has 12 heteroatoms. The molecule has 208 valence electrons. The fourth-order valence-corrected chi connectivity index (χ4v) is 5.46. The molecule has 0 aliphatic heterocycles. The number of sulfone groups is 1. The predicted molar refractivity (Wildman–Crippen MR) is 151 cm³/mol. The van der Waals surface area contributed by atoms with E-state index in [9.17, 15) is 13.2 Å². The Bertz CT molecular complexity index is 1630. The van der Waals surface area contributed by atoms with Gasteiger partial charge in [0.05, 0.1) is 46.2 Å². The van der Waals surface area contributed by atoms with Crippen LogP contribution in [-0.2, 0) is 19.4 Å². The van der Waals surface area contributed by atoms with Crippen molar-refractivity contribution < 1.29 is 32.2 Å². The largest absolute Gasteiger partial charge is 0.493 e. The van der Waals surface area contributed by atoms with Crippen LogP contribution in [0.2, 0.25) is 0 Å². The van der Waals surface area contributed by atoms with Crippen molar-refractivity contribution in [3.8, 4) is 23.3 Å². The number of carbonyl (C=O) groups is 1. The second-order valence-electron chi connectivity index (χ2n) is 8.43. The number of methoxy groups -OCH3 is 2. The van der Waals surface area contributed by atoms with Crippen LogP contribution < -0.4 is 19.5 Å². The maximum atomic E-state index is 13.5. The van der Waals surface area contributed by atoms with E-state index in [4.69, 9.17) is 24.2 Å². The number of nitriles is 1. The van der Waals surface area contributed by atoms with Crippen molar-refractivity contribution in [2.45, 2.75) is 17.9 Å². The van der Waals surface area contributed by atoms with Gasteiger partial charge in [-0.3, -0.25) is 10.1 Å². The molecule has 0 radical (unpaired) electrons. The molecule has 1 aromatic heterocycles. The number of anilines is 1. The predicted octanol–water partition coefficient (Wildman–Crippen LogP) is 4.75. The number of nitrogens with one attached hydrogen (secondary N) is 1. The van der Waals surface area contributed by atoms with Crippen molar-refractivity contribution in [2.75, 3.05) is 38.5 Å². The number of aromatic nitrogens is 1. The minimum atomic E-state index is -3.42. The molecule has 3 aromatic carbocycles. The average molecular weight is 582 g/mol. The number of carbonyl (C=O) groups excluding carboxylic acids is 1. The topological polar surface area (TPSA) is 137 Å². The summed E-state index contributed by atoms with van der Waals surface area (Å²) in [5.41, 5.74) is 1.48. The first-order valence-corrected chi connectivity index (χ1v) is 14.7. The molecule has 40 heavy (non-hydrogen) atoms. The summed E-state index contributed by atoms with van der Waals surface area (Å²) in [5, 5.41) is 12.2. The first-order valence-electron chi connectivity index (χ1n) is 12.2. The molecule has 0 spiro atoms. The van der Waals surface area contributed by atoms with E-state index in [0.717, 1.165) is 4.70 Å². The zero-order chi connectivity index (χ0) is 28.7. The van der Waals surface area contributed by atoms with E-state index in [1.165, 1.54) is 30.6 Å². The van der Waals surface area contributed by atoms with Crippen molar-refractivity contribution in [2.24, 2.45) is 0 Å². The van der Waals surface area contributed by atoms with Crippen molar-refractivity contribution in [1.82, 2.24) is 4.98 Å². The highest BCUT2D eigenvalue weighted by Gasteiger charge is 2.25. The summed E-state index contributed by atoms with van der Waals surface area (Å²) >= 11 is 1.25. The highest BCUT2D eigenvalue weighted by molar-refractivity contribution is 7.91. The zero-order valence-electron chi connectivity index (χ0n) is 22.0. The highest BCUT2D eigenvalue weighted by atomic mass is 32.2. The van der Waals surface area contributed by atoms with Crippen LogP contribution in [-0.4, -0.2) is 52.5 Å². The molecule has 0 aliphatic rings. The van der Waals surface area contributed by atoms with Crippen LogP contribution in [0.25, 0.3) is 10.2 Å². The minimum Gasteiger partial charge on any atom is -0.493 e. The number of hydrogen-bond acceptors (Lipinski definition) is 10. The smallest absolute Gasteiger partial charge is 0.271 e. The number of hydrogen-bond donors (Lipinski definition) is 1. The maximum absolute atomic E-state index is 13.5. The third-order valence-electron chi connectivity index (χ3n) is 5.85. The molecule has 1 amide bonds. The zero-order valence-corrected chi connectivity index (χ0v) is 23.7. The highest BCUT2D eigenvalue weighted by Crippen LogP contribution is 2.37. The quantitative estimate of drug-likeness (QED) is 0.235. The molecule has 4 rings (SSSR count). The minimum absolute atomic E-state index is 0.0421. The summed E-state index contributed by atoms with van der Waals surface area (Å²) in [6.07, 6.45) is -1.14. The number of benzene rings is 3. The van der Waals surface area contributed by atoms with Crippen LogP contribution in [0.5, 0.6) is 17.2 Å². The maximum Gasteiger partial charge on any atom is 0.271 e. The summed E-state index contributed by atoms with van der Waals surface area (Å²) in [7, 11) is -0.295. The van der Waals surface area contributed by atoms with Gasteiger partial charge in [0.2, 0.25) is 6.10 Å². The van der Waals surface area contributed by atoms with Gasteiger partial charge in [-0.15, -0.1) is 0 Å². The monoisotopic (exact) mass is 581 g/mol. The third kappa shape index (κ3) is 6.69. The number of ether oxygens (including phenoxy) is 4. The average Bonchev–Trinajstić information content (AvgIpc) is 3.36. The van der Waals surface area contributed by atoms with Crippen molar-refractivity contribution in [3.05, 3.63) is 71.8 Å². The summed E-state index contributed by atoms with van der Waals surface area (Å²) in [6.45, 7) is 2.31. The van der Waals surface area contributed by atoms with Crippen LogP contribution in [0, 0.1) is 11.3 Å². The molecule has 4 aromatic rings.